The molecule has 0 aliphatic carbocycles. The lowest BCUT2D eigenvalue weighted by molar-refractivity contribution is -0.129. The number of carbonyl (C=O) groups is 1. The first kappa shape index (κ1) is 23.5. The van der Waals surface area contributed by atoms with Gasteiger partial charge in [-0.25, -0.2) is 0 Å². The molecule has 0 bridgehead atoms. The van der Waals surface area contributed by atoms with Crippen molar-refractivity contribution in [2.24, 2.45) is 10.4 Å². The summed E-state index contributed by atoms with van der Waals surface area (Å²) in [4.78, 5) is 18.4. The fraction of sp³-hybridized carbons (Fsp3) is 0.889. The Kier molecular flexibility index (Phi) is 11.7. The van der Waals surface area contributed by atoms with Crippen LogP contribution in [0.25, 0.3) is 0 Å². The Labute approximate surface area is 165 Å². The molecule has 142 valence electrons. The zero-order chi connectivity index (χ0) is 17.3. The molecule has 2 N–H and O–H groups in total. The molecule has 1 aliphatic heterocycles. The van der Waals surface area contributed by atoms with E-state index in [1.807, 2.05) is 11.8 Å². The molecule has 24 heavy (non-hydrogen) atoms. The normalized spacial score (nSPS) is 18.3. The van der Waals surface area contributed by atoms with E-state index in [1.54, 1.807) is 0 Å². The Hall–Kier alpha value is -0.530. The van der Waals surface area contributed by atoms with Gasteiger partial charge >= 0.3 is 0 Å². The molecular weight excluding hydrogens is 415 g/mol. The summed E-state index contributed by atoms with van der Waals surface area (Å²) in [6.45, 7) is 14.2. The first-order valence-corrected chi connectivity index (χ1v) is 9.18. The van der Waals surface area contributed by atoms with Gasteiger partial charge in [0.15, 0.2) is 5.96 Å². The van der Waals surface area contributed by atoms with E-state index < -0.39 is 0 Å². The summed E-state index contributed by atoms with van der Waals surface area (Å²) in [7, 11) is 0. The van der Waals surface area contributed by atoms with E-state index in [0.29, 0.717) is 17.9 Å². The van der Waals surface area contributed by atoms with E-state index in [9.17, 15) is 4.79 Å². The van der Waals surface area contributed by atoms with Gasteiger partial charge in [0.1, 0.15) is 0 Å². The number of unbranched alkanes of at least 4 members (excludes halogenated alkanes) is 1. The molecule has 0 radical (unpaired) electrons. The number of amides is 1. The summed E-state index contributed by atoms with van der Waals surface area (Å²) in [5.74, 6) is 1.14. The molecule has 1 saturated heterocycles. The minimum absolute atomic E-state index is 0. The van der Waals surface area contributed by atoms with Crippen molar-refractivity contribution in [2.45, 2.75) is 72.8 Å². The van der Waals surface area contributed by atoms with Crippen molar-refractivity contribution in [1.82, 2.24) is 15.5 Å². The lowest BCUT2D eigenvalue weighted by Gasteiger charge is -2.19. The Morgan fingerprint density at radius 3 is 2.54 bits per heavy atom. The Balaban J connectivity index is 0.00000529. The number of carbonyl (C=O) groups excluding carboxylic acids is 1. The highest BCUT2D eigenvalue weighted by molar-refractivity contribution is 14.0. The van der Waals surface area contributed by atoms with Crippen LogP contribution in [0.2, 0.25) is 0 Å². The molecule has 1 atom stereocenters. The third-order valence-corrected chi connectivity index (χ3v) is 4.13. The summed E-state index contributed by atoms with van der Waals surface area (Å²) in [5.41, 5.74) is 0.408. The van der Waals surface area contributed by atoms with Crippen molar-refractivity contribution in [3.8, 4) is 0 Å². The average Bonchev–Trinajstić information content (AvgIpc) is 2.93. The zero-order valence-electron chi connectivity index (χ0n) is 16.2. The van der Waals surface area contributed by atoms with Crippen LogP contribution in [0.5, 0.6) is 0 Å². The number of nitrogens with zero attached hydrogens (tertiary/aromatic N) is 2. The lowest BCUT2D eigenvalue weighted by Crippen LogP contribution is -2.45. The highest BCUT2D eigenvalue weighted by Crippen LogP contribution is 2.21. The molecule has 1 heterocycles. The van der Waals surface area contributed by atoms with Crippen LogP contribution < -0.4 is 10.6 Å². The van der Waals surface area contributed by atoms with E-state index >= 15 is 0 Å². The van der Waals surface area contributed by atoms with Gasteiger partial charge in [-0.1, -0.05) is 34.1 Å². The fourth-order valence-electron chi connectivity index (χ4n) is 2.80. The van der Waals surface area contributed by atoms with Gasteiger partial charge in [0, 0.05) is 38.6 Å². The van der Waals surface area contributed by atoms with Crippen LogP contribution in [0.1, 0.15) is 66.7 Å². The quantitative estimate of drug-likeness (QED) is 0.270. The number of rotatable bonds is 7. The van der Waals surface area contributed by atoms with E-state index in [1.165, 1.54) is 12.8 Å². The molecule has 1 amide bonds. The molecule has 1 aliphatic rings. The lowest BCUT2D eigenvalue weighted by atomic mass is 9.90. The van der Waals surface area contributed by atoms with Crippen LogP contribution in [0.15, 0.2) is 4.99 Å². The topological polar surface area (TPSA) is 56.7 Å². The standard InChI is InChI=1S/C18H36N4O.HI/c1-6-16(23)22-13-10-15(14-22)21-17(19-7-2)20-12-9-8-11-18(3,4)5;/h15H,6-14H2,1-5H3,(H2,19,20,21);1H. The summed E-state index contributed by atoms with van der Waals surface area (Å²) >= 11 is 0. The molecule has 5 nitrogen and oxygen atoms in total. The predicted octanol–water partition coefficient (Wildman–Crippen LogP) is 3.39. The van der Waals surface area contributed by atoms with Crippen LogP contribution in [0, 0.1) is 5.41 Å². The predicted molar refractivity (Wildman–Crippen MR) is 113 cm³/mol. The van der Waals surface area contributed by atoms with Crippen molar-refractivity contribution < 1.29 is 4.79 Å². The van der Waals surface area contributed by atoms with E-state index in [-0.39, 0.29) is 29.9 Å². The van der Waals surface area contributed by atoms with Crippen LogP contribution in [0.4, 0.5) is 0 Å². The number of halogens is 1. The highest BCUT2D eigenvalue weighted by Gasteiger charge is 2.25. The van der Waals surface area contributed by atoms with Gasteiger partial charge in [-0.15, -0.1) is 24.0 Å². The minimum Gasteiger partial charge on any atom is -0.357 e. The van der Waals surface area contributed by atoms with Crippen molar-refractivity contribution in [3.05, 3.63) is 0 Å². The van der Waals surface area contributed by atoms with Crippen molar-refractivity contribution in [1.29, 1.82) is 0 Å². The maximum absolute atomic E-state index is 11.7. The molecule has 1 unspecified atom stereocenters. The molecule has 0 spiro atoms. The van der Waals surface area contributed by atoms with Crippen LogP contribution in [-0.2, 0) is 4.79 Å². The third kappa shape index (κ3) is 9.69. The average molecular weight is 452 g/mol. The van der Waals surface area contributed by atoms with E-state index in [4.69, 9.17) is 0 Å². The minimum atomic E-state index is 0. The summed E-state index contributed by atoms with van der Waals surface area (Å²) in [6, 6.07) is 0.317. The second-order valence-corrected chi connectivity index (χ2v) is 7.60. The van der Waals surface area contributed by atoms with Crippen LogP contribution in [-0.4, -0.2) is 49.0 Å². The number of hydrogen-bond donors (Lipinski definition) is 2. The molecule has 1 rings (SSSR count). The first-order chi connectivity index (χ1) is 10.9. The van der Waals surface area contributed by atoms with Gasteiger partial charge < -0.3 is 15.5 Å². The van der Waals surface area contributed by atoms with Crippen LogP contribution in [0.3, 0.4) is 0 Å². The van der Waals surface area contributed by atoms with E-state index in [2.05, 4.69) is 43.3 Å². The second kappa shape index (κ2) is 11.9. The molecule has 0 aromatic rings. The molecule has 1 fully saturated rings. The van der Waals surface area contributed by atoms with Crippen molar-refractivity contribution in [3.63, 3.8) is 0 Å². The molecule has 6 heteroatoms. The van der Waals surface area contributed by atoms with Crippen molar-refractivity contribution >= 4 is 35.8 Å². The van der Waals surface area contributed by atoms with Gasteiger partial charge in [0.2, 0.25) is 5.91 Å². The van der Waals surface area contributed by atoms with Crippen molar-refractivity contribution in [2.75, 3.05) is 26.2 Å². The summed E-state index contributed by atoms with van der Waals surface area (Å²) < 4.78 is 0. The number of hydrogen-bond acceptors (Lipinski definition) is 2. The third-order valence-electron chi connectivity index (χ3n) is 4.13. The molecule has 0 saturated carbocycles. The molecular formula is C18H37IN4O. The number of nitrogens with one attached hydrogen (secondary N) is 2. The monoisotopic (exact) mass is 452 g/mol. The molecule has 0 aromatic heterocycles. The maximum Gasteiger partial charge on any atom is 0.222 e. The van der Waals surface area contributed by atoms with E-state index in [0.717, 1.165) is 45.0 Å². The van der Waals surface area contributed by atoms with Gasteiger partial charge in [0.25, 0.3) is 0 Å². The Morgan fingerprint density at radius 1 is 1.25 bits per heavy atom. The second-order valence-electron chi connectivity index (χ2n) is 7.60. The summed E-state index contributed by atoms with van der Waals surface area (Å²) in [5, 5.41) is 6.79. The maximum atomic E-state index is 11.7. The number of likely N-dealkylation sites (tertiary alicyclic amines) is 1. The highest BCUT2D eigenvalue weighted by atomic mass is 127. The van der Waals surface area contributed by atoms with Gasteiger partial charge in [0.05, 0.1) is 0 Å². The zero-order valence-corrected chi connectivity index (χ0v) is 18.5. The number of aliphatic imine (C=N–C) groups is 1. The van der Waals surface area contributed by atoms with Crippen LogP contribution >= 0.6 is 24.0 Å². The largest absolute Gasteiger partial charge is 0.357 e. The van der Waals surface area contributed by atoms with Gasteiger partial charge in [-0.2, -0.15) is 0 Å². The van der Waals surface area contributed by atoms with Gasteiger partial charge in [-0.3, -0.25) is 9.79 Å². The fourth-order valence-corrected chi connectivity index (χ4v) is 2.80. The Morgan fingerprint density at radius 2 is 1.96 bits per heavy atom. The Bertz CT molecular complexity index is 393. The number of guanidine groups is 1. The molecule has 0 aromatic carbocycles. The SMILES string of the molecule is CCNC(=NCCCCC(C)(C)C)NC1CCN(C(=O)CC)C1.I. The summed E-state index contributed by atoms with van der Waals surface area (Å²) in [6.07, 6.45) is 5.17. The van der Waals surface area contributed by atoms with Gasteiger partial charge in [-0.05, 0) is 31.6 Å². The smallest absolute Gasteiger partial charge is 0.222 e. The first-order valence-electron chi connectivity index (χ1n) is 9.18.